The van der Waals surface area contributed by atoms with Crippen molar-refractivity contribution in [2.24, 2.45) is 5.41 Å². The van der Waals surface area contributed by atoms with Crippen molar-refractivity contribution < 1.29 is 15.0 Å². The Kier molecular flexibility index (Phi) is 4.63. The number of benzene rings is 1. The Bertz CT molecular complexity index is 532. The molecular weight excluding hydrogens is 334 g/mol. The van der Waals surface area contributed by atoms with Gasteiger partial charge in [0.1, 0.15) is 5.75 Å². The molecule has 0 unspecified atom stereocenters. The van der Waals surface area contributed by atoms with E-state index in [-0.39, 0.29) is 29.2 Å². The van der Waals surface area contributed by atoms with Gasteiger partial charge in [-0.2, -0.15) is 0 Å². The van der Waals surface area contributed by atoms with E-state index in [0.717, 1.165) is 12.8 Å². The van der Waals surface area contributed by atoms with Crippen molar-refractivity contribution in [2.75, 3.05) is 6.54 Å². The van der Waals surface area contributed by atoms with E-state index in [0.29, 0.717) is 17.3 Å². The maximum Gasteiger partial charge on any atom is 0.255 e. The van der Waals surface area contributed by atoms with Gasteiger partial charge in [0.15, 0.2) is 0 Å². The molecule has 1 amide bonds. The zero-order chi connectivity index (χ0) is 15.7. The average molecular weight is 356 g/mol. The summed E-state index contributed by atoms with van der Waals surface area (Å²) in [6.45, 7) is 4.62. The van der Waals surface area contributed by atoms with Gasteiger partial charge in [0.05, 0.1) is 11.2 Å². The second kappa shape index (κ2) is 5.97. The Morgan fingerprint density at radius 2 is 1.90 bits per heavy atom. The van der Waals surface area contributed by atoms with E-state index in [1.54, 1.807) is 12.1 Å². The molecule has 116 valence electrons. The minimum Gasteiger partial charge on any atom is -0.507 e. The number of aromatic hydroxyl groups is 1. The zero-order valence-electron chi connectivity index (χ0n) is 12.4. The van der Waals surface area contributed by atoms with Gasteiger partial charge in [0, 0.05) is 11.0 Å². The maximum absolute atomic E-state index is 12.1. The van der Waals surface area contributed by atoms with E-state index in [1.807, 2.05) is 0 Å². The zero-order valence-corrected chi connectivity index (χ0v) is 14.0. The van der Waals surface area contributed by atoms with Crippen LogP contribution in [0, 0.1) is 5.41 Å². The molecule has 0 aromatic heterocycles. The van der Waals surface area contributed by atoms with Crippen LogP contribution in [-0.4, -0.2) is 28.3 Å². The van der Waals surface area contributed by atoms with Gasteiger partial charge in [-0.05, 0) is 49.3 Å². The number of hydrogen-bond acceptors (Lipinski definition) is 3. The summed E-state index contributed by atoms with van der Waals surface area (Å²) in [5, 5.41) is 23.0. The minimum atomic E-state index is -0.837. The Morgan fingerprint density at radius 3 is 2.48 bits per heavy atom. The fraction of sp³-hybridized carbons (Fsp3) is 0.562. The first-order chi connectivity index (χ1) is 9.71. The molecule has 1 aromatic rings. The number of nitrogens with one attached hydrogen (secondary N) is 1. The lowest BCUT2D eigenvalue weighted by Gasteiger charge is -2.40. The van der Waals surface area contributed by atoms with Gasteiger partial charge < -0.3 is 15.5 Å². The first-order valence-electron chi connectivity index (χ1n) is 7.20. The molecule has 0 atom stereocenters. The summed E-state index contributed by atoms with van der Waals surface area (Å²) < 4.78 is 0.713. The molecule has 2 rings (SSSR count). The number of carbonyl (C=O) groups excluding carboxylic acids is 1. The molecule has 0 saturated heterocycles. The summed E-state index contributed by atoms with van der Waals surface area (Å²) >= 11 is 3.23. The molecule has 0 radical (unpaired) electrons. The van der Waals surface area contributed by atoms with E-state index in [2.05, 4.69) is 35.1 Å². The number of carbonyl (C=O) groups is 1. The summed E-state index contributed by atoms with van der Waals surface area (Å²) in [6.07, 6.45) is 3.27. The Labute approximate surface area is 133 Å². The van der Waals surface area contributed by atoms with Crippen LogP contribution in [-0.2, 0) is 0 Å². The number of rotatable bonds is 3. The third-order valence-electron chi connectivity index (χ3n) is 4.32. The second-order valence-electron chi connectivity index (χ2n) is 6.73. The van der Waals surface area contributed by atoms with Gasteiger partial charge in [0.2, 0.25) is 0 Å². The van der Waals surface area contributed by atoms with E-state index < -0.39 is 5.60 Å². The van der Waals surface area contributed by atoms with Gasteiger partial charge in [0.25, 0.3) is 5.91 Å². The van der Waals surface area contributed by atoms with Crippen LogP contribution in [0.5, 0.6) is 5.75 Å². The lowest BCUT2D eigenvalue weighted by Crippen LogP contribution is -2.46. The average Bonchev–Trinajstić information content (AvgIpc) is 2.40. The molecule has 1 fully saturated rings. The van der Waals surface area contributed by atoms with Gasteiger partial charge in [-0.3, -0.25) is 4.79 Å². The molecule has 1 saturated carbocycles. The number of halogens is 1. The first kappa shape index (κ1) is 16.3. The molecule has 0 bridgehead atoms. The molecule has 4 nitrogen and oxygen atoms in total. The van der Waals surface area contributed by atoms with Gasteiger partial charge in [-0.15, -0.1) is 0 Å². The van der Waals surface area contributed by atoms with Crippen LogP contribution in [0.3, 0.4) is 0 Å². The highest BCUT2D eigenvalue weighted by molar-refractivity contribution is 9.10. The number of phenols is 1. The summed E-state index contributed by atoms with van der Waals surface area (Å²) in [5.74, 6) is -0.433. The quantitative estimate of drug-likeness (QED) is 0.779. The molecule has 0 spiro atoms. The highest BCUT2D eigenvalue weighted by atomic mass is 79.9. The van der Waals surface area contributed by atoms with E-state index in [9.17, 15) is 15.0 Å². The molecule has 0 aliphatic heterocycles. The normalized spacial score (nSPS) is 20.0. The lowest BCUT2D eigenvalue weighted by molar-refractivity contribution is -0.0233. The molecule has 21 heavy (non-hydrogen) atoms. The molecule has 5 heteroatoms. The van der Waals surface area contributed by atoms with Crippen LogP contribution < -0.4 is 5.32 Å². The third-order valence-corrected chi connectivity index (χ3v) is 4.81. The van der Waals surface area contributed by atoms with Gasteiger partial charge >= 0.3 is 0 Å². The van der Waals surface area contributed by atoms with E-state index in [1.165, 1.54) is 6.07 Å². The largest absolute Gasteiger partial charge is 0.507 e. The summed E-state index contributed by atoms with van der Waals surface area (Å²) in [7, 11) is 0. The van der Waals surface area contributed by atoms with Crippen LogP contribution in [0.15, 0.2) is 22.7 Å². The summed E-state index contributed by atoms with van der Waals surface area (Å²) in [4.78, 5) is 12.1. The van der Waals surface area contributed by atoms with Crippen LogP contribution in [0.1, 0.15) is 49.9 Å². The predicted molar refractivity (Wildman–Crippen MR) is 85.3 cm³/mol. The molecule has 0 heterocycles. The van der Waals surface area contributed by atoms with Crippen molar-refractivity contribution >= 4 is 21.8 Å². The topological polar surface area (TPSA) is 69.6 Å². The van der Waals surface area contributed by atoms with Gasteiger partial charge in [-0.25, -0.2) is 0 Å². The first-order valence-corrected chi connectivity index (χ1v) is 7.99. The number of aliphatic hydroxyl groups is 1. The van der Waals surface area contributed by atoms with Crippen molar-refractivity contribution in [1.29, 1.82) is 0 Å². The smallest absolute Gasteiger partial charge is 0.255 e. The fourth-order valence-electron chi connectivity index (χ4n) is 2.61. The molecule has 3 N–H and O–H groups in total. The number of amides is 1. The highest BCUT2D eigenvalue weighted by Crippen LogP contribution is 2.39. The molecule has 1 aliphatic rings. The van der Waals surface area contributed by atoms with Crippen LogP contribution in [0.4, 0.5) is 0 Å². The number of phenolic OH excluding ortho intramolecular Hbond substituents is 1. The summed E-state index contributed by atoms with van der Waals surface area (Å²) in [6, 6.07) is 4.74. The van der Waals surface area contributed by atoms with Crippen molar-refractivity contribution in [3.05, 3.63) is 28.2 Å². The van der Waals surface area contributed by atoms with Crippen LogP contribution in [0.2, 0.25) is 0 Å². The van der Waals surface area contributed by atoms with Crippen molar-refractivity contribution in [1.82, 2.24) is 5.32 Å². The Balaban J connectivity index is 1.95. The monoisotopic (exact) mass is 355 g/mol. The third kappa shape index (κ3) is 4.20. The maximum atomic E-state index is 12.1. The highest BCUT2D eigenvalue weighted by Gasteiger charge is 2.36. The Hall–Kier alpha value is -1.07. The Morgan fingerprint density at radius 1 is 1.29 bits per heavy atom. The lowest BCUT2D eigenvalue weighted by atomic mass is 9.71. The molecular formula is C16H22BrNO3. The van der Waals surface area contributed by atoms with Crippen LogP contribution >= 0.6 is 15.9 Å². The van der Waals surface area contributed by atoms with Crippen molar-refractivity contribution in [2.45, 2.75) is 45.1 Å². The van der Waals surface area contributed by atoms with Gasteiger partial charge in [-0.1, -0.05) is 29.8 Å². The molecule has 1 aliphatic carbocycles. The minimum absolute atomic E-state index is 0.0707. The van der Waals surface area contributed by atoms with Crippen molar-refractivity contribution in [3.63, 3.8) is 0 Å². The SMILES string of the molecule is CC1(C)CCC(O)(CNC(=O)c2ccc(Br)cc2O)CC1. The predicted octanol–water partition coefficient (Wildman–Crippen LogP) is 3.22. The van der Waals surface area contributed by atoms with E-state index >= 15 is 0 Å². The van der Waals surface area contributed by atoms with Crippen molar-refractivity contribution in [3.8, 4) is 5.75 Å². The molecule has 1 aromatic carbocycles. The standard InChI is InChI=1S/C16H22BrNO3/c1-15(2)5-7-16(21,8-6-15)10-18-14(20)12-4-3-11(17)9-13(12)19/h3-4,9,19,21H,5-8,10H2,1-2H3,(H,18,20). The fourth-order valence-corrected chi connectivity index (χ4v) is 2.95. The summed E-state index contributed by atoms with van der Waals surface area (Å²) in [5.41, 5.74) is -0.353. The van der Waals surface area contributed by atoms with Crippen LogP contribution in [0.25, 0.3) is 0 Å². The second-order valence-corrected chi connectivity index (χ2v) is 7.65. The number of hydrogen-bond donors (Lipinski definition) is 3. The van der Waals surface area contributed by atoms with E-state index in [4.69, 9.17) is 0 Å².